The number of aliphatic hydroxyl groups excluding tert-OH is 1. The third-order valence-corrected chi connectivity index (χ3v) is 7.99. The van der Waals surface area contributed by atoms with E-state index in [1.807, 2.05) is 19.9 Å². The van der Waals surface area contributed by atoms with Crippen molar-refractivity contribution in [2.45, 2.75) is 50.5 Å². The average Bonchev–Trinajstić information content (AvgIpc) is 3.09. The fourth-order valence-electron chi connectivity index (χ4n) is 6.36. The van der Waals surface area contributed by atoms with Crippen molar-refractivity contribution >= 4 is 35.1 Å². The van der Waals surface area contributed by atoms with Gasteiger partial charge in [-0.15, -0.1) is 0 Å². The molecule has 0 saturated carbocycles. The fraction of sp³-hybridized carbons (Fsp3) is 0.519. The summed E-state index contributed by atoms with van der Waals surface area (Å²) in [6.45, 7) is 5.80. The minimum Gasteiger partial charge on any atom is -0.461 e. The lowest BCUT2D eigenvalue weighted by molar-refractivity contribution is -0.158. The minimum absolute atomic E-state index is 0.0983. The van der Waals surface area contributed by atoms with Gasteiger partial charge in [0.1, 0.15) is 24.2 Å². The number of nitrogens with zero attached hydrogens (tertiary/aromatic N) is 2. The lowest BCUT2D eigenvalue weighted by atomic mass is 9.75. The molecule has 0 radical (unpaired) electrons. The highest BCUT2D eigenvalue weighted by Crippen LogP contribution is 2.58. The average molecular weight is 515 g/mol. The van der Waals surface area contributed by atoms with E-state index in [4.69, 9.17) is 21.1 Å². The number of likely N-dealkylation sites (tertiary alicyclic amines) is 1. The maximum atomic E-state index is 14.3. The zero-order valence-corrected chi connectivity index (χ0v) is 21.4. The van der Waals surface area contributed by atoms with Gasteiger partial charge in [-0.3, -0.25) is 14.4 Å². The zero-order valence-electron chi connectivity index (χ0n) is 20.6. The molecule has 4 heterocycles. The summed E-state index contributed by atoms with van der Waals surface area (Å²) in [5.74, 6) is -2.97. The number of cyclic esters (lactones) is 1. The molecule has 4 aliphatic heterocycles. The van der Waals surface area contributed by atoms with Crippen LogP contribution in [0.4, 0.5) is 5.69 Å². The minimum atomic E-state index is -1.39. The highest BCUT2D eigenvalue weighted by molar-refractivity contribution is 6.30. The second-order valence-electron chi connectivity index (χ2n) is 10.6. The van der Waals surface area contributed by atoms with Gasteiger partial charge in [0.05, 0.1) is 24.2 Å². The maximum absolute atomic E-state index is 14.3. The van der Waals surface area contributed by atoms with Crippen molar-refractivity contribution in [2.75, 3.05) is 24.7 Å². The quantitative estimate of drug-likeness (QED) is 0.479. The second-order valence-corrected chi connectivity index (χ2v) is 11.0. The predicted octanol–water partition coefficient (Wildman–Crippen LogP) is 2.73. The van der Waals surface area contributed by atoms with E-state index < -0.39 is 41.1 Å². The number of carbonyl (C=O) groups is 3. The first-order chi connectivity index (χ1) is 17.1. The van der Waals surface area contributed by atoms with E-state index >= 15 is 0 Å². The van der Waals surface area contributed by atoms with Crippen molar-refractivity contribution in [3.63, 3.8) is 0 Å². The van der Waals surface area contributed by atoms with E-state index in [0.29, 0.717) is 17.1 Å². The summed E-state index contributed by atoms with van der Waals surface area (Å²) in [4.78, 5) is 44.8. The molecule has 1 aromatic rings. The molecule has 1 unspecified atom stereocenters. The highest BCUT2D eigenvalue weighted by Gasteiger charge is 2.75. The Morgan fingerprint density at radius 3 is 2.47 bits per heavy atom. The van der Waals surface area contributed by atoms with Gasteiger partial charge in [0.25, 0.3) is 5.91 Å². The first kappa shape index (κ1) is 25.0. The lowest BCUT2D eigenvalue weighted by Crippen LogP contribution is -2.59. The van der Waals surface area contributed by atoms with Crippen LogP contribution in [-0.2, 0) is 23.9 Å². The molecule has 2 fully saturated rings. The van der Waals surface area contributed by atoms with Crippen LogP contribution in [0.25, 0.3) is 0 Å². The van der Waals surface area contributed by atoms with E-state index in [1.165, 1.54) is 4.90 Å². The van der Waals surface area contributed by atoms with Gasteiger partial charge in [-0.05, 0) is 49.6 Å². The molecule has 1 spiro atoms. The van der Waals surface area contributed by atoms with E-state index in [1.54, 1.807) is 54.3 Å². The summed E-state index contributed by atoms with van der Waals surface area (Å²) in [7, 11) is 0. The van der Waals surface area contributed by atoms with Gasteiger partial charge in [0.2, 0.25) is 5.91 Å². The Kier molecular flexibility index (Phi) is 6.25. The number of carbonyl (C=O) groups excluding carboxylic acids is 3. The third kappa shape index (κ3) is 3.69. The number of halogens is 1. The molecular formula is C27H31ClN2O6. The van der Waals surface area contributed by atoms with Crippen molar-refractivity contribution < 1.29 is 29.0 Å². The number of rotatable bonds is 5. The van der Waals surface area contributed by atoms with Crippen molar-refractivity contribution in [3.05, 3.63) is 53.6 Å². The monoisotopic (exact) mass is 514 g/mol. The Labute approximate surface area is 215 Å². The number of ether oxygens (including phenoxy) is 2. The Balaban J connectivity index is 1.67. The molecule has 8 nitrogen and oxygen atoms in total. The maximum Gasteiger partial charge on any atom is 0.313 e. The van der Waals surface area contributed by atoms with Crippen LogP contribution < -0.4 is 4.90 Å². The summed E-state index contributed by atoms with van der Waals surface area (Å²) in [5.41, 5.74) is -1.88. The molecule has 192 valence electrons. The Hall–Kier alpha value is -2.68. The Morgan fingerprint density at radius 1 is 1.08 bits per heavy atom. The first-order valence-corrected chi connectivity index (χ1v) is 12.7. The van der Waals surface area contributed by atoms with E-state index in [0.717, 1.165) is 0 Å². The number of benzene rings is 1. The molecule has 0 aliphatic carbocycles. The lowest BCUT2D eigenvalue weighted by Gasteiger charge is -2.40. The second kappa shape index (κ2) is 9.01. The number of aliphatic hydroxyl groups is 1. The van der Waals surface area contributed by atoms with Crippen LogP contribution >= 0.6 is 11.6 Å². The van der Waals surface area contributed by atoms with Gasteiger partial charge in [-0.1, -0.05) is 43.7 Å². The first-order valence-electron chi connectivity index (χ1n) is 12.3. The van der Waals surface area contributed by atoms with Gasteiger partial charge in [0, 0.05) is 17.3 Å². The van der Waals surface area contributed by atoms with Crippen molar-refractivity contribution in [3.8, 4) is 0 Å². The van der Waals surface area contributed by atoms with Crippen LogP contribution in [-0.4, -0.2) is 70.8 Å². The fourth-order valence-corrected chi connectivity index (χ4v) is 6.49. The standard InChI is InChI=1S/C27H31ClN2O6/c1-16(2)14-19(15-31)30-22-24(33)29(18-8-6-17(28)7-9-18)12-4-11-27(22)20(23(30)32)21-25(34)35-13-5-10-26(21,3)36-27/h4-11,16,19-22,31H,12-15H2,1-3H3/t19-,20+,21-,22?,26+,27+/m1/s1. The number of anilines is 1. The van der Waals surface area contributed by atoms with Gasteiger partial charge in [-0.2, -0.15) is 0 Å². The van der Waals surface area contributed by atoms with E-state index in [2.05, 4.69) is 0 Å². The smallest absolute Gasteiger partial charge is 0.313 e. The third-order valence-electron chi connectivity index (χ3n) is 7.74. The van der Waals surface area contributed by atoms with Crippen LogP contribution in [0.3, 0.4) is 0 Å². The van der Waals surface area contributed by atoms with Crippen LogP contribution in [0, 0.1) is 17.8 Å². The van der Waals surface area contributed by atoms with Crippen molar-refractivity contribution in [1.82, 2.24) is 4.90 Å². The number of hydrogen-bond donors (Lipinski definition) is 1. The summed E-state index contributed by atoms with van der Waals surface area (Å²) in [5, 5.41) is 10.9. The Morgan fingerprint density at radius 2 is 1.81 bits per heavy atom. The molecule has 4 aliphatic rings. The van der Waals surface area contributed by atoms with E-state index in [-0.39, 0.29) is 37.5 Å². The summed E-state index contributed by atoms with van der Waals surface area (Å²) in [6, 6.07) is 5.24. The molecule has 9 heteroatoms. The molecule has 5 rings (SSSR count). The predicted molar refractivity (Wildman–Crippen MR) is 133 cm³/mol. The molecule has 1 N–H and O–H groups in total. The molecule has 6 atom stereocenters. The molecule has 1 aromatic carbocycles. The van der Waals surface area contributed by atoms with Crippen LogP contribution in [0.5, 0.6) is 0 Å². The SMILES string of the molecule is CC(C)C[C@H](CO)N1C(=O)[C@@H]2[C@@H]3C(=O)OCC=C[C@]3(C)O[C@@]23C=CCN(c2ccc(Cl)cc2)C(=O)C13. The normalized spacial score (nSPS) is 34.3. The van der Waals surface area contributed by atoms with Crippen molar-refractivity contribution in [1.29, 1.82) is 0 Å². The number of esters is 1. The number of fused-ring (bicyclic) bond motifs is 2. The number of amides is 2. The molecule has 0 bridgehead atoms. The zero-order chi connectivity index (χ0) is 25.8. The molecule has 2 saturated heterocycles. The van der Waals surface area contributed by atoms with Crippen LogP contribution in [0.2, 0.25) is 5.02 Å². The van der Waals surface area contributed by atoms with Gasteiger partial charge in [0.15, 0.2) is 0 Å². The van der Waals surface area contributed by atoms with Crippen LogP contribution in [0.15, 0.2) is 48.6 Å². The molecule has 0 aromatic heterocycles. The summed E-state index contributed by atoms with van der Waals surface area (Å²) in [6.07, 6.45) is 7.56. The van der Waals surface area contributed by atoms with Crippen LogP contribution in [0.1, 0.15) is 27.2 Å². The molecular weight excluding hydrogens is 484 g/mol. The topological polar surface area (TPSA) is 96.4 Å². The van der Waals surface area contributed by atoms with Gasteiger partial charge < -0.3 is 24.4 Å². The molecule has 36 heavy (non-hydrogen) atoms. The summed E-state index contributed by atoms with van der Waals surface area (Å²) >= 11 is 6.08. The Bertz CT molecular complexity index is 1130. The van der Waals surface area contributed by atoms with Gasteiger partial charge >= 0.3 is 5.97 Å². The summed E-state index contributed by atoms with van der Waals surface area (Å²) < 4.78 is 12.1. The highest BCUT2D eigenvalue weighted by atomic mass is 35.5. The molecule has 2 amide bonds. The van der Waals surface area contributed by atoms with Gasteiger partial charge in [-0.25, -0.2) is 0 Å². The number of hydrogen-bond acceptors (Lipinski definition) is 6. The van der Waals surface area contributed by atoms with Crippen molar-refractivity contribution in [2.24, 2.45) is 17.8 Å². The van der Waals surface area contributed by atoms with E-state index in [9.17, 15) is 19.5 Å². The largest absolute Gasteiger partial charge is 0.461 e.